The van der Waals surface area contributed by atoms with Gasteiger partial charge in [0.05, 0.1) is 12.7 Å². The number of nitrogens with one attached hydrogen (secondary N) is 2. The minimum absolute atomic E-state index is 0.0189. The Hall–Kier alpha value is -1.56. The van der Waals surface area contributed by atoms with Gasteiger partial charge in [-0.1, -0.05) is 34.6 Å². The van der Waals surface area contributed by atoms with E-state index < -0.39 is 0 Å². The van der Waals surface area contributed by atoms with Crippen molar-refractivity contribution in [1.82, 2.24) is 20.5 Å². The second kappa shape index (κ2) is 8.78. The fourth-order valence-corrected chi connectivity index (χ4v) is 1.99. The monoisotopic (exact) mass is 309 g/mol. The lowest BCUT2D eigenvalue weighted by Gasteiger charge is -2.19. The summed E-state index contributed by atoms with van der Waals surface area (Å²) in [5.41, 5.74) is -0.0189. The molecule has 2 N–H and O–H groups in total. The van der Waals surface area contributed by atoms with Crippen molar-refractivity contribution in [1.29, 1.82) is 0 Å². The molecule has 0 radical (unpaired) electrons. The minimum Gasteiger partial charge on any atom is -0.443 e. The maximum Gasteiger partial charge on any atom is 0.213 e. The summed E-state index contributed by atoms with van der Waals surface area (Å²) in [6, 6.07) is 0. The van der Waals surface area contributed by atoms with Gasteiger partial charge in [0, 0.05) is 25.6 Å². The van der Waals surface area contributed by atoms with Crippen LogP contribution in [0.5, 0.6) is 0 Å². The molecule has 0 saturated carbocycles. The quantitative estimate of drug-likeness (QED) is 0.595. The smallest absolute Gasteiger partial charge is 0.213 e. The van der Waals surface area contributed by atoms with Crippen LogP contribution in [0.15, 0.2) is 15.6 Å². The first kappa shape index (κ1) is 18.5. The first-order chi connectivity index (χ1) is 10.4. The van der Waals surface area contributed by atoms with Crippen LogP contribution < -0.4 is 10.6 Å². The van der Waals surface area contributed by atoms with Gasteiger partial charge >= 0.3 is 0 Å². The lowest BCUT2D eigenvalue weighted by Crippen LogP contribution is -2.41. The number of rotatable bonds is 7. The van der Waals surface area contributed by atoms with E-state index in [1.807, 2.05) is 0 Å². The van der Waals surface area contributed by atoms with E-state index in [4.69, 9.17) is 4.42 Å². The zero-order valence-electron chi connectivity index (χ0n) is 14.9. The first-order valence-electron chi connectivity index (χ1n) is 8.02. The van der Waals surface area contributed by atoms with Crippen LogP contribution in [0.1, 0.15) is 46.3 Å². The van der Waals surface area contributed by atoms with Gasteiger partial charge in [0.15, 0.2) is 5.96 Å². The van der Waals surface area contributed by atoms with Gasteiger partial charge in [0.1, 0.15) is 5.76 Å². The largest absolute Gasteiger partial charge is 0.443 e. The number of likely N-dealkylation sites (N-methyl/N-ethyl adjacent to an activating group) is 1. The van der Waals surface area contributed by atoms with Crippen molar-refractivity contribution >= 4 is 5.96 Å². The van der Waals surface area contributed by atoms with E-state index in [0.29, 0.717) is 12.4 Å². The highest BCUT2D eigenvalue weighted by Crippen LogP contribution is 2.22. The summed E-state index contributed by atoms with van der Waals surface area (Å²) in [5.74, 6) is 2.34. The van der Waals surface area contributed by atoms with E-state index >= 15 is 0 Å². The normalized spacial score (nSPS) is 12.8. The molecule has 22 heavy (non-hydrogen) atoms. The van der Waals surface area contributed by atoms with Crippen LogP contribution in [0.2, 0.25) is 0 Å². The van der Waals surface area contributed by atoms with Crippen molar-refractivity contribution in [3.63, 3.8) is 0 Å². The highest BCUT2D eigenvalue weighted by Gasteiger charge is 2.19. The second-order valence-corrected chi connectivity index (χ2v) is 6.25. The SMILES string of the molecule is CCN(CC)CCNC(=NC)NCc1ncc(C(C)(C)C)o1. The number of hydrogen-bond donors (Lipinski definition) is 2. The molecule has 0 bridgehead atoms. The van der Waals surface area contributed by atoms with E-state index in [1.54, 1.807) is 13.2 Å². The third-order valence-electron chi connectivity index (χ3n) is 3.54. The maximum atomic E-state index is 5.76. The Balaban J connectivity index is 2.40. The average molecular weight is 309 g/mol. The van der Waals surface area contributed by atoms with Crippen LogP contribution in [-0.4, -0.2) is 49.1 Å². The Kier molecular flexibility index (Phi) is 7.38. The molecule has 1 rings (SSSR count). The number of oxazole rings is 1. The van der Waals surface area contributed by atoms with E-state index in [9.17, 15) is 0 Å². The third-order valence-corrected chi connectivity index (χ3v) is 3.54. The predicted octanol–water partition coefficient (Wildman–Crippen LogP) is 1.98. The maximum absolute atomic E-state index is 5.76. The molecule has 0 atom stereocenters. The molecule has 0 saturated heterocycles. The summed E-state index contributed by atoms with van der Waals surface area (Å²) in [6.45, 7) is 15.2. The third kappa shape index (κ3) is 6.05. The molecule has 1 aromatic rings. The Bertz CT molecular complexity index is 457. The van der Waals surface area contributed by atoms with Crippen molar-refractivity contribution < 1.29 is 4.42 Å². The Morgan fingerprint density at radius 1 is 1.27 bits per heavy atom. The number of nitrogens with zero attached hydrogens (tertiary/aromatic N) is 3. The molecule has 0 amide bonds. The van der Waals surface area contributed by atoms with Gasteiger partial charge in [-0.3, -0.25) is 4.99 Å². The minimum atomic E-state index is -0.0189. The fourth-order valence-electron chi connectivity index (χ4n) is 1.99. The van der Waals surface area contributed by atoms with Gasteiger partial charge in [-0.05, 0) is 13.1 Å². The van der Waals surface area contributed by atoms with Gasteiger partial charge in [-0.2, -0.15) is 0 Å². The van der Waals surface area contributed by atoms with E-state index in [0.717, 1.165) is 37.9 Å². The first-order valence-corrected chi connectivity index (χ1v) is 8.02. The molecule has 126 valence electrons. The summed E-state index contributed by atoms with van der Waals surface area (Å²) in [5, 5.41) is 6.53. The molecule has 0 aliphatic heterocycles. The summed E-state index contributed by atoms with van der Waals surface area (Å²) in [7, 11) is 1.77. The molecule has 0 spiro atoms. The fraction of sp³-hybridized carbons (Fsp3) is 0.750. The van der Waals surface area contributed by atoms with Crippen LogP contribution >= 0.6 is 0 Å². The molecule has 1 heterocycles. The molecule has 1 aromatic heterocycles. The highest BCUT2D eigenvalue weighted by molar-refractivity contribution is 5.79. The van der Waals surface area contributed by atoms with Crippen molar-refractivity contribution in [2.24, 2.45) is 4.99 Å². The molecule has 6 heteroatoms. The molecule has 6 nitrogen and oxygen atoms in total. The van der Waals surface area contributed by atoms with Gasteiger partial charge in [-0.25, -0.2) is 4.98 Å². The lowest BCUT2D eigenvalue weighted by molar-refractivity contribution is 0.308. The molecular weight excluding hydrogens is 278 g/mol. The van der Waals surface area contributed by atoms with Gasteiger partial charge < -0.3 is 20.0 Å². The molecular formula is C16H31N5O. The summed E-state index contributed by atoms with van der Waals surface area (Å²) in [4.78, 5) is 10.9. The number of hydrogen-bond acceptors (Lipinski definition) is 4. The Labute approximate surface area is 134 Å². The van der Waals surface area contributed by atoms with E-state index in [-0.39, 0.29) is 5.41 Å². The molecule has 0 aliphatic rings. The Morgan fingerprint density at radius 3 is 2.45 bits per heavy atom. The van der Waals surface area contributed by atoms with Crippen molar-refractivity contribution in [2.75, 3.05) is 33.2 Å². The van der Waals surface area contributed by atoms with Crippen LogP contribution in [-0.2, 0) is 12.0 Å². The van der Waals surface area contributed by atoms with Gasteiger partial charge in [0.25, 0.3) is 0 Å². The second-order valence-electron chi connectivity index (χ2n) is 6.25. The summed E-state index contributed by atoms with van der Waals surface area (Å²) in [6.07, 6.45) is 1.80. The standard InChI is InChI=1S/C16H31N5O/c1-7-21(8-2)10-9-18-15(17-6)20-12-14-19-11-13(22-14)16(3,4)5/h11H,7-10,12H2,1-6H3,(H2,17,18,20). The molecule has 0 unspecified atom stereocenters. The average Bonchev–Trinajstić information content (AvgIpc) is 2.96. The van der Waals surface area contributed by atoms with Crippen molar-refractivity contribution in [3.8, 4) is 0 Å². The van der Waals surface area contributed by atoms with Crippen LogP contribution in [0, 0.1) is 0 Å². The number of guanidine groups is 1. The topological polar surface area (TPSA) is 65.7 Å². The summed E-state index contributed by atoms with van der Waals surface area (Å²) >= 11 is 0. The van der Waals surface area contributed by atoms with Gasteiger partial charge in [0.2, 0.25) is 5.89 Å². The predicted molar refractivity (Wildman–Crippen MR) is 91.2 cm³/mol. The van der Waals surface area contributed by atoms with Crippen LogP contribution in [0.25, 0.3) is 0 Å². The van der Waals surface area contributed by atoms with Gasteiger partial charge in [-0.15, -0.1) is 0 Å². The zero-order chi connectivity index (χ0) is 16.6. The molecule has 0 aliphatic carbocycles. The van der Waals surface area contributed by atoms with Crippen molar-refractivity contribution in [2.45, 2.75) is 46.6 Å². The molecule has 0 aromatic carbocycles. The summed E-state index contributed by atoms with van der Waals surface area (Å²) < 4.78 is 5.76. The van der Waals surface area contributed by atoms with E-state index in [2.05, 4.69) is 60.1 Å². The highest BCUT2D eigenvalue weighted by atomic mass is 16.4. The van der Waals surface area contributed by atoms with E-state index in [1.165, 1.54) is 0 Å². The number of aromatic nitrogens is 1. The lowest BCUT2D eigenvalue weighted by atomic mass is 9.94. The number of aliphatic imine (C=N–C) groups is 1. The van der Waals surface area contributed by atoms with Crippen LogP contribution in [0.3, 0.4) is 0 Å². The van der Waals surface area contributed by atoms with Crippen LogP contribution in [0.4, 0.5) is 0 Å². The Morgan fingerprint density at radius 2 is 1.95 bits per heavy atom. The zero-order valence-corrected chi connectivity index (χ0v) is 14.9. The molecule has 0 fully saturated rings. The van der Waals surface area contributed by atoms with Crippen molar-refractivity contribution in [3.05, 3.63) is 17.8 Å².